The summed E-state index contributed by atoms with van der Waals surface area (Å²) in [6.07, 6.45) is 0.725. The summed E-state index contributed by atoms with van der Waals surface area (Å²) < 4.78 is 32.3. The van der Waals surface area contributed by atoms with E-state index in [2.05, 4.69) is 21.5 Å². The number of rotatable bonds is 6. The van der Waals surface area contributed by atoms with Gasteiger partial charge in [-0.1, -0.05) is 18.7 Å². The van der Waals surface area contributed by atoms with E-state index in [4.69, 9.17) is 4.74 Å². The zero-order chi connectivity index (χ0) is 18.6. The van der Waals surface area contributed by atoms with Crippen LogP contribution in [0.5, 0.6) is 0 Å². The van der Waals surface area contributed by atoms with Crippen molar-refractivity contribution < 1.29 is 13.2 Å². The number of hydrogen-bond donors (Lipinski definition) is 0. The summed E-state index contributed by atoms with van der Waals surface area (Å²) in [6, 6.07) is 7.32. The first kappa shape index (κ1) is 19.4. The lowest BCUT2D eigenvalue weighted by Crippen LogP contribution is -2.38. The molecule has 6 nitrogen and oxygen atoms in total. The predicted octanol–water partition coefficient (Wildman–Crippen LogP) is 3.15. The van der Waals surface area contributed by atoms with E-state index in [1.54, 1.807) is 27.0 Å². The van der Waals surface area contributed by atoms with Crippen molar-refractivity contribution in [1.29, 1.82) is 0 Å². The molecule has 0 aliphatic carbocycles. The number of nitrogens with zero attached hydrogens (tertiary/aromatic N) is 3. The zero-order valence-electron chi connectivity index (χ0n) is 14.6. The van der Waals surface area contributed by atoms with Crippen molar-refractivity contribution in [2.45, 2.75) is 29.5 Å². The van der Waals surface area contributed by atoms with E-state index < -0.39 is 21.2 Å². The van der Waals surface area contributed by atoms with Gasteiger partial charge >= 0.3 is 0 Å². The van der Waals surface area contributed by atoms with Gasteiger partial charge in [-0.05, 0) is 31.6 Å². The Balaban J connectivity index is 2.40. The number of para-hydroxylation sites is 1. The summed E-state index contributed by atoms with van der Waals surface area (Å²) >= 11 is 1.15. The molecule has 0 saturated heterocycles. The fourth-order valence-electron chi connectivity index (χ4n) is 2.24. The lowest BCUT2D eigenvalue weighted by Gasteiger charge is -2.21. The van der Waals surface area contributed by atoms with Crippen LogP contribution in [0.4, 0.5) is 0 Å². The van der Waals surface area contributed by atoms with Crippen molar-refractivity contribution in [1.82, 2.24) is 4.98 Å². The number of fused-ring (bicyclic) bond motifs is 1. The Kier molecular flexibility index (Phi) is 6.21. The number of ether oxygens (including phenoxy) is 1. The number of methoxy groups -OCH3 is 1. The SMILES string of the molecule is C=C(C)C=NC(=NC)[C@@H](OC)[C@H](C)S(=O)(=O)c1nc2ccccc2s1. The zero-order valence-corrected chi connectivity index (χ0v) is 16.3. The number of amidine groups is 1. The van der Waals surface area contributed by atoms with Gasteiger partial charge in [0.2, 0.25) is 14.2 Å². The molecule has 0 unspecified atom stereocenters. The molecule has 0 saturated carbocycles. The van der Waals surface area contributed by atoms with E-state index in [9.17, 15) is 8.42 Å². The third-order valence-corrected chi connectivity index (χ3v) is 7.17. The standard InChI is InChI=1S/C17H21N3O3S2/c1-11(2)10-19-16(18-4)15(23-5)12(3)25(21,22)17-20-13-8-6-7-9-14(13)24-17/h6-10,12,15H,1H2,2-5H3/t12-,15-/m0/s1. The molecule has 0 N–H and O–H groups in total. The first-order valence-corrected chi connectivity index (χ1v) is 9.96. The van der Waals surface area contributed by atoms with E-state index in [0.29, 0.717) is 11.4 Å². The monoisotopic (exact) mass is 379 g/mol. The molecule has 25 heavy (non-hydrogen) atoms. The second kappa shape index (κ2) is 7.99. The van der Waals surface area contributed by atoms with Crippen LogP contribution in [0.1, 0.15) is 13.8 Å². The Morgan fingerprint density at radius 3 is 2.64 bits per heavy atom. The molecule has 0 spiro atoms. The molecular weight excluding hydrogens is 358 g/mol. The number of allylic oxidation sites excluding steroid dienone is 1. The van der Waals surface area contributed by atoms with Crippen LogP contribution in [-0.4, -0.2) is 51.0 Å². The average Bonchev–Trinajstić information content (AvgIpc) is 3.02. The third-order valence-electron chi connectivity index (χ3n) is 3.59. The maximum atomic E-state index is 13.0. The molecule has 2 rings (SSSR count). The average molecular weight is 380 g/mol. The van der Waals surface area contributed by atoms with Gasteiger partial charge in [0.1, 0.15) is 6.10 Å². The highest BCUT2D eigenvalue weighted by Crippen LogP contribution is 2.29. The topological polar surface area (TPSA) is 81.0 Å². The maximum Gasteiger partial charge on any atom is 0.210 e. The molecule has 0 radical (unpaired) electrons. The van der Waals surface area contributed by atoms with Crippen molar-refractivity contribution in [3.05, 3.63) is 36.4 Å². The van der Waals surface area contributed by atoms with Crippen molar-refractivity contribution >= 4 is 43.4 Å². The van der Waals surface area contributed by atoms with Gasteiger partial charge in [0.15, 0.2) is 5.84 Å². The molecule has 2 atom stereocenters. The quantitative estimate of drug-likeness (QED) is 0.570. The van der Waals surface area contributed by atoms with Crippen LogP contribution in [0.25, 0.3) is 10.2 Å². The number of thiazole rings is 1. The lowest BCUT2D eigenvalue weighted by molar-refractivity contribution is 0.153. The van der Waals surface area contributed by atoms with Crippen LogP contribution < -0.4 is 0 Å². The number of aromatic nitrogens is 1. The largest absolute Gasteiger partial charge is 0.372 e. The van der Waals surface area contributed by atoms with Gasteiger partial charge in [-0.25, -0.2) is 18.4 Å². The van der Waals surface area contributed by atoms with E-state index in [1.807, 2.05) is 18.2 Å². The van der Waals surface area contributed by atoms with Gasteiger partial charge in [-0.2, -0.15) is 0 Å². The highest BCUT2D eigenvalue weighted by molar-refractivity contribution is 7.94. The number of hydrogen-bond acceptors (Lipinski definition) is 6. The van der Waals surface area contributed by atoms with Crippen LogP contribution in [0, 0.1) is 0 Å². The predicted molar refractivity (Wildman–Crippen MR) is 104 cm³/mol. The first-order chi connectivity index (χ1) is 11.8. The summed E-state index contributed by atoms with van der Waals surface area (Å²) in [5.74, 6) is 0.294. The fourth-order valence-corrected chi connectivity index (χ4v) is 5.22. The summed E-state index contributed by atoms with van der Waals surface area (Å²) in [7, 11) is -0.710. The van der Waals surface area contributed by atoms with Crippen LogP contribution in [-0.2, 0) is 14.6 Å². The normalized spacial score (nSPS) is 15.6. The van der Waals surface area contributed by atoms with Crippen LogP contribution in [0.2, 0.25) is 0 Å². The molecule has 134 valence electrons. The second-order valence-electron chi connectivity index (χ2n) is 5.54. The maximum absolute atomic E-state index is 13.0. The van der Waals surface area contributed by atoms with Crippen molar-refractivity contribution in [2.75, 3.05) is 14.2 Å². The summed E-state index contributed by atoms with van der Waals surface area (Å²) in [5.41, 5.74) is 1.40. The first-order valence-electron chi connectivity index (χ1n) is 7.59. The Hall–Kier alpha value is -1.90. The second-order valence-corrected chi connectivity index (χ2v) is 9.05. The van der Waals surface area contributed by atoms with E-state index in [-0.39, 0.29) is 4.34 Å². The van der Waals surface area contributed by atoms with Crippen molar-refractivity contribution in [2.24, 2.45) is 9.98 Å². The van der Waals surface area contributed by atoms with E-state index >= 15 is 0 Å². The van der Waals surface area contributed by atoms with Gasteiger partial charge < -0.3 is 4.74 Å². The van der Waals surface area contributed by atoms with Gasteiger partial charge in [0.25, 0.3) is 0 Å². The van der Waals surface area contributed by atoms with Crippen molar-refractivity contribution in [3.63, 3.8) is 0 Å². The molecule has 0 amide bonds. The van der Waals surface area contributed by atoms with Crippen molar-refractivity contribution in [3.8, 4) is 0 Å². The number of aliphatic imine (C=N–C) groups is 2. The fraction of sp³-hybridized carbons (Fsp3) is 0.353. The summed E-state index contributed by atoms with van der Waals surface area (Å²) in [4.78, 5) is 12.5. The molecule has 0 aliphatic rings. The number of sulfone groups is 1. The van der Waals surface area contributed by atoms with Gasteiger partial charge in [-0.15, -0.1) is 11.3 Å². The molecule has 0 bridgehead atoms. The Morgan fingerprint density at radius 1 is 1.40 bits per heavy atom. The molecule has 1 aromatic carbocycles. The van der Waals surface area contributed by atoms with Gasteiger partial charge in [0.05, 0.1) is 15.5 Å². The third kappa shape index (κ3) is 4.20. The van der Waals surface area contributed by atoms with Gasteiger partial charge in [0, 0.05) is 20.4 Å². The molecule has 2 aromatic rings. The Morgan fingerprint density at radius 2 is 2.08 bits per heavy atom. The number of benzene rings is 1. The van der Waals surface area contributed by atoms with Crippen LogP contribution >= 0.6 is 11.3 Å². The Bertz CT molecular complexity index is 897. The van der Waals surface area contributed by atoms with E-state index in [0.717, 1.165) is 21.6 Å². The van der Waals surface area contributed by atoms with Crippen LogP contribution in [0.15, 0.2) is 50.7 Å². The highest BCUT2D eigenvalue weighted by Gasteiger charge is 2.36. The molecular formula is C17H21N3O3S2. The molecule has 0 aliphatic heterocycles. The van der Waals surface area contributed by atoms with Gasteiger partial charge in [-0.3, -0.25) is 4.99 Å². The molecule has 0 fully saturated rings. The molecule has 1 aromatic heterocycles. The lowest BCUT2D eigenvalue weighted by atomic mass is 10.2. The van der Waals surface area contributed by atoms with E-state index in [1.165, 1.54) is 13.3 Å². The van der Waals surface area contributed by atoms with Crippen LogP contribution in [0.3, 0.4) is 0 Å². The smallest absolute Gasteiger partial charge is 0.210 e. The minimum Gasteiger partial charge on any atom is -0.372 e. The highest BCUT2D eigenvalue weighted by atomic mass is 32.2. The minimum absolute atomic E-state index is 0.0718. The summed E-state index contributed by atoms with van der Waals surface area (Å²) in [5, 5.41) is -0.890. The minimum atomic E-state index is -3.70. The Labute approximate surface area is 151 Å². The summed E-state index contributed by atoms with van der Waals surface area (Å²) in [6.45, 7) is 7.11. The molecule has 1 heterocycles. The molecule has 8 heteroatoms.